The molecular weight excluding hydrogens is 444 g/mol. The van der Waals surface area contributed by atoms with E-state index in [-0.39, 0.29) is 17.9 Å². The minimum atomic E-state index is 0.00177. The van der Waals surface area contributed by atoms with Crippen LogP contribution in [0.5, 0.6) is 11.5 Å². The third-order valence-corrected chi connectivity index (χ3v) is 6.23. The quantitative estimate of drug-likeness (QED) is 0.488. The average molecular weight is 479 g/mol. The van der Waals surface area contributed by atoms with E-state index in [0.29, 0.717) is 36.3 Å². The molecule has 0 atom stereocenters. The van der Waals surface area contributed by atoms with Crippen LogP contribution in [-0.4, -0.2) is 47.3 Å². The lowest BCUT2D eigenvalue weighted by atomic mass is 9.96. The molecule has 0 radical (unpaired) electrons. The van der Waals surface area contributed by atoms with Gasteiger partial charge in [-0.25, -0.2) is 0 Å². The predicted molar refractivity (Wildman–Crippen MR) is 133 cm³/mol. The second-order valence-electron chi connectivity index (χ2n) is 9.25. The molecule has 186 valence electrons. The second kappa shape index (κ2) is 11.4. The number of piperidine rings is 1. The number of methoxy groups -OCH3 is 1. The number of nitrogens with one attached hydrogen (secondary N) is 1. The Morgan fingerprint density at radius 2 is 1.94 bits per heavy atom. The molecule has 1 fully saturated rings. The van der Waals surface area contributed by atoms with Crippen molar-refractivity contribution in [2.24, 2.45) is 5.92 Å². The molecule has 35 heavy (non-hydrogen) atoms. The Morgan fingerprint density at radius 3 is 2.66 bits per heavy atom. The maximum atomic E-state index is 12.8. The zero-order chi connectivity index (χ0) is 24.8. The van der Waals surface area contributed by atoms with Crippen molar-refractivity contribution in [3.8, 4) is 22.9 Å². The van der Waals surface area contributed by atoms with Crippen LogP contribution in [0.25, 0.3) is 11.4 Å². The molecule has 1 amide bonds. The smallest absolute Gasteiger partial charge is 0.241 e. The number of likely N-dealkylation sites (tertiary alicyclic amines) is 1. The highest BCUT2D eigenvalue weighted by molar-refractivity contribution is 5.78. The topological polar surface area (TPSA) is 89.7 Å². The maximum absolute atomic E-state index is 12.8. The van der Waals surface area contributed by atoms with Gasteiger partial charge in [0.15, 0.2) is 11.5 Å². The zero-order valence-electron chi connectivity index (χ0n) is 20.9. The van der Waals surface area contributed by atoms with Crippen molar-refractivity contribution < 1.29 is 18.8 Å². The van der Waals surface area contributed by atoms with Gasteiger partial charge in [0, 0.05) is 18.0 Å². The Kier molecular flexibility index (Phi) is 8.02. The van der Waals surface area contributed by atoms with Gasteiger partial charge in [0.05, 0.1) is 19.8 Å². The van der Waals surface area contributed by atoms with Gasteiger partial charge in [-0.15, -0.1) is 0 Å². The predicted octanol–water partition coefficient (Wildman–Crippen LogP) is 4.37. The summed E-state index contributed by atoms with van der Waals surface area (Å²) in [5.41, 5.74) is 3.08. The van der Waals surface area contributed by atoms with Gasteiger partial charge in [0.25, 0.3) is 0 Å². The molecule has 4 rings (SSSR count). The van der Waals surface area contributed by atoms with Crippen LogP contribution in [0.4, 0.5) is 0 Å². The first-order valence-corrected chi connectivity index (χ1v) is 12.1. The van der Waals surface area contributed by atoms with Crippen molar-refractivity contribution in [3.63, 3.8) is 0 Å². The molecule has 1 aliphatic heterocycles. The largest absolute Gasteiger partial charge is 0.493 e. The molecule has 0 unspecified atom stereocenters. The van der Waals surface area contributed by atoms with Crippen LogP contribution >= 0.6 is 0 Å². The van der Waals surface area contributed by atoms with Gasteiger partial charge < -0.3 is 19.3 Å². The lowest BCUT2D eigenvalue weighted by Gasteiger charge is -2.30. The molecule has 0 aliphatic carbocycles. The zero-order valence-corrected chi connectivity index (χ0v) is 20.9. The molecule has 1 aromatic heterocycles. The molecule has 2 heterocycles. The Labute approximate surface area is 206 Å². The number of carbonyl (C=O) groups excluding carboxylic acids is 1. The van der Waals surface area contributed by atoms with Crippen LogP contribution in [0.15, 0.2) is 47.0 Å². The fourth-order valence-electron chi connectivity index (χ4n) is 4.30. The summed E-state index contributed by atoms with van der Waals surface area (Å²) in [7, 11) is 1.62. The molecule has 1 aliphatic rings. The van der Waals surface area contributed by atoms with Crippen molar-refractivity contribution in [2.45, 2.75) is 52.8 Å². The van der Waals surface area contributed by atoms with Gasteiger partial charge in [-0.05, 0) is 70.0 Å². The van der Waals surface area contributed by atoms with E-state index in [0.717, 1.165) is 42.6 Å². The Morgan fingerprint density at radius 1 is 1.17 bits per heavy atom. The van der Waals surface area contributed by atoms with Crippen LogP contribution in [0.3, 0.4) is 0 Å². The number of carbonyl (C=O) groups is 1. The average Bonchev–Trinajstić information content (AvgIpc) is 3.31. The number of benzene rings is 2. The van der Waals surface area contributed by atoms with E-state index in [1.165, 1.54) is 0 Å². The van der Waals surface area contributed by atoms with Gasteiger partial charge in [0.1, 0.15) is 0 Å². The number of nitrogens with zero attached hydrogens (tertiary/aromatic N) is 3. The summed E-state index contributed by atoms with van der Waals surface area (Å²) in [6, 6.07) is 13.8. The minimum absolute atomic E-state index is 0.00177. The molecule has 0 spiro atoms. The highest BCUT2D eigenvalue weighted by Crippen LogP contribution is 2.29. The lowest BCUT2D eigenvalue weighted by Crippen LogP contribution is -2.40. The summed E-state index contributed by atoms with van der Waals surface area (Å²) in [5, 5.41) is 7.22. The highest BCUT2D eigenvalue weighted by atomic mass is 16.5. The number of rotatable bonds is 9. The number of ether oxygens (including phenoxy) is 2. The van der Waals surface area contributed by atoms with Crippen LogP contribution in [-0.2, 0) is 17.9 Å². The van der Waals surface area contributed by atoms with E-state index in [2.05, 4.69) is 20.4 Å². The molecule has 0 saturated carbocycles. The van der Waals surface area contributed by atoms with E-state index in [4.69, 9.17) is 14.0 Å². The molecule has 3 aromatic rings. The molecule has 2 aromatic carbocycles. The Balaban J connectivity index is 1.25. The fraction of sp³-hybridized carbons (Fsp3) is 0.444. The maximum Gasteiger partial charge on any atom is 0.241 e. The van der Waals surface area contributed by atoms with Gasteiger partial charge in [-0.2, -0.15) is 4.98 Å². The molecular formula is C27H34N4O4. The van der Waals surface area contributed by atoms with E-state index in [9.17, 15) is 4.79 Å². The minimum Gasteiger partial charge on any atom is -0.493 e. The Bertz CT molecular complexity index is 1140. The summed E-state index contributed by atoms with van der Waals surface area (Å²) >= 11 is 0. The van der Waals surface area contributed by atoms with Crippen molar-refractivity contribution in [1.82, 2.24) is 20.4 Å². The lowest BCUT2D eigenvalue weighted by molar-refractivity contribution is -0.126. The monoisotopic (exact) mass is 478 g/mol. The molecule has 0 bridgehead atoms. The third kappa shape index (κ3) is 6.39. The number of aryl methyl sites for hydroxylation is 1. The number of amides is 1. The van der Waals surface area contributed by atoms with Gasteiger partial charge >= 0.3 is 0 Å². The van der Waals surface area contributed by atoms with Crippen LogP contribution < -0.4 is 14.8 Å². The van der Waals surface area contributed by atoms with Gasteiger partial charge in [-0.1, -0.05) is 35.5 Å². The van der Waals surface area contributed by atoms with Crippen molar-refractivity contribution in [3.05, 3.63) is 59.5 Å². The standard InChI is InChI=1S/C27H34N4O4/c1-18(2)34-23-10-9-20(15-24(23)33-4)16-28-27(32)21-11-13-31(14-12-21)17-25-29-26(30-35-25)22-8-6-5-7-19(22)3/h5-10,15,18,21H,11-14,16-17H2,1-4H3,(H,28,32). The normalized spacial score (nSPS) is 14.8. The van der Waals surface area contributed by atoms with Crippen LogP contribution in [0.2, 0.25) is 0 Å². The molecule has 1 saturated heterocycles. The summed E-state index contributed by atoms with van der Waals surface area (Å²) in [6.45, 7) is 8.67. The summed E-state index contributed by atoms with van der Waals surface area (Å²) in [5.74, 6) is 2.69. The van der Waals surface area contributed by atoms with Crippen molar-refractivity contribution in [2.75, 3.05) is 20.2 Å². The third-order valence-electron chi connectivity index (χ3n) is 6.23. The highest BCUT2D eigenvalue weighted by Gasteiger charge is 2.26. The second-order valence-corrected chi connectivity index (χ2v) is 9.25. The molecule has 8 nitrogen and oxygen atoms in total. The Hall–Kier alpha value is -3.39. The first-order valence-electron chi connectivity index (χ1n) is 12.1. The number of hydrogen-bond donors (Lipinski definition) is 1. The SMILES string of the molecule is COc1cc(CNC(=O)C2CCN(Cc3nc(-c4ccccc4C)no3)CC2)ccc1OC(C)C. The van der Waals surface area contributed by atoms with E-state index in [1.807, 2.05) is 63.2 Å². The van der Waals surface area contributed by atoms with E-state index in [1.54, 1.807) is 7.11 Å². The summed E-state index contributed by atoms with van der Waals surface area (Å²) < 4.78 is 16.7. The summed E-state index contributed by atoms with van der Waals surface area (Å²) in [6.07, 6.45) is 1.67. The van der Waals surface area contributed by atoms with Gasteiger partial charge in [-0.3, -0.25) is 9.69 Å². The summed E-state index contributed by atoms with van der Waals surface area (Å²) in [4.78, 5) is 19.6. The number of aromatic nitrogens is 2. The first-order chi connectivity index (χ1) is 16.9. The van der Waals surface area contributed by atoms with Crippen LogP contribution in [0.1, 0.15) is 43.7 Å². The van der Waals surface area contributed by atoms with Crippen molar-refractivity contribution in [1.29, 1.82) is 0 Å². The van der Waals surface area contributed by atoms with E-state index < -0.39 is 0 Å². The number of hydrogen-bond acceptors (Lipinski definition) is 7. The molecule has 8 heteroatoms. The fourth-order valence-corrected chi connectivity index (χ4v) is 4.30. The first kappa shape index (κ1) is 24.7. The van der Waals surface area contributed by atoms with Gasteiger partial charge in [0.2, 0.25) is 17.6 Å². The van der Waals surface area contributed by atoms with Crippen molar-refractivity contribution >= 4 is 5.91 Å². The van der Waals surface area contributed by atoms with E-state index >= 15 is 0 Å². The molecule has 1 N–H and O–H groups in total. The van der Waals surface area contributed by atoms with Crippen LogP contribution in [0, 0.1) is 12.8 Å².